The highest BCUT2D eigenvalue weighted by molar-refractivity contribution is 7.98. The first kappa shape index (κ1) is 15.5. The second kappa shape index (κ2) is 9.42. The van der Waals surface area contributed by atoms with Crippen molar-refractivity contribution in [2.24, 2.45) is 0 Å². The molecule has 0 saturated carbocycles. The van der Waals surface area contributed by atoms with Crippen molar-refractivity contribution in [1.29, 1.82) is 0 Å². The Hall–Kier alpha value is -0.510. The number of hydrogen-bond donors (Lipinski definition) is 1. The Labute approximate surface area is 116 Å². The number of hydrogen-bond acceptors (Lipinski definition) is 3. The highest BCUT2D eigenvalue weighted by Crippen LogP contribution is 2.21. The summed E-state index contributed by atoms with van der Waals surface area (Å²) in [7, 11) is 1.74. The standard InChI is InChI=1S/C15H25NOS/c1-13-5-4-6-14(11-13)15(7-10-18-3)12-16-8-9-17-2/h4-6,11,15-16H,7-10,12H2,1-3H3. The molecule has 0 aliphatic heterocycles. The van der Waals surface area contributed by atoms with E-state index in [1.807, 2.05) is 11.8 Å². The average molecular weight is 267 g/mol. The molecule has 1 unspecified atom stereocenters. The fourth-order valence-corrected chi connectivity index (χ4v) is 2.54. The van der Waals surface area contributed by atoms with E-state index in [9.17, 15) is 0 Å². The van der Waals surface area contributed by atoms with Crippen molar-refractivity contribution >= 4 is 11.8 Å². The van der Waals surface area contributed by atoms with E-state index in [1.165, 1.54) is 23.3 Å². The summed E-state index contributed by atoms with van der Waals surface area (Å²) >= 11 is 1.92. The maximum atomic E-state index is 5.06. The van der Waals surface area contributed by atoms with Gasteiger partial charge in [0.1, 0.15) is 0 Å². The van der Waals surface area contributed by atoms with Crippen LogP contribution in [0.4, 0.5) is 0 Å². The molecule has 1 atom stereocenters. The molecule has 0 aliphatic carbocycles. The van der Waals surface area contributed by atoms with E-state index >= 15 is 0 Å². The minimum atomic E-state index is 0.606. The van der Waals surface area contributed by atoms with Crippen LogP contribution in [0.15, 0.2) is 24.3 Å². The van der Waals surface area contributed by atoms with Gasteiger partial charge in [0.25, 0.3) is 0 Å². The average Bonchev–Trinajstić information content (AvgIpc) is 2.38. The SMILES string of the molecule is COCCNCC(CCSC)c1cccc(C)c1. The van der Waals surface area contributed by atoms with Gasteiger partial charge in [-0.3, -0.25) is 0 Å². The van der Waals surface area contributed by atoms with Crippen molar-refractivity contribution in [3.8, 4) is 0 Å². The quantitative estimate of drug-likeness (QED) is 0.695. The van der Waals surface area contributed by atoms with Gasteiger partial charge in [0.05, 0.1) is 6.61 Å². The van der Waals surface area contributed by atoms with E-state index in [1.54, 1.807) is 7.11 Å². The zero-order chi connectivity index (χ0) is 13.2. The third kappa shape index (κ3) is 5.89. The van der Waals surface area contributed by atoms with Gasteiger partial charge in [-0.1, -0.05) is 29.8 Å². The highest BCUT2D eigenvalue weighted by Gasteiger charge is 2.10. The van der Waals surface area contributed by atoms with Gasteiger partial charge in [-0.15, -0.1) is 0 Å². The lowest BCUT2D eigenvalue weighted by atomic mass is 9.95. The molecule has 0 fully saturated rings. The van der Waals surface area contributed by atoms with Crippen molar-refractivity contribution < 1.29 is 4.74 Å². The van der Waals surface area contributed by atoms with Crippen molar-refractivity contribution in [3.05, 3.63) is 35.4 Å². The molecule has 2 nitrogen and oxygen atoms in total. The molecule has 18 heavy (non-hydrogen) atoms. The number of thioether (sulfide) groups is 1. The Kier molecular flexibility index (Phi) is 8.14. The van der Waals surface area contributed by atoms with Crippen LogP contribution in [0.3, 0.4) is 0 Å². The third-order valence-corrected chi connectivity index (χ3v) is 3.70. The first-order valence-corrected chi connectivity index (χ1v) is 7.92. The third-order valence-electron chi connectivity index (χ3n) is 3.06. The van der Waals surface area contributed by atoms with Crippen molar-refractivity contribution in [1.82, 2.24) is 5.32 Å². The maximum absolute atomic E-state index is 5.06. The van der Waals surface area contributed by atoms with Gasteiger partial charge in [-0.2, -0.15) is 11.8 Å². The Bertz CT molecular complexity index is 330. The lowest BCUT2D eigenvalue weighted by Crippen LogP contribution is -2.25. The summed E-state index contributed by atoms with van der Waals surface area (Å²) < 4.78 is 5.06. The minimum absolute atomic E-state index is 0.606. The normalized spacial score (nSPS) is 12.6. The molecule has 1 aromatic carbocycles. The molecule has 0 spiro atoms. The van der Waals surface area contributed by atoms with Gasteiger partial charge in [-0.25, -0.2) is 0 Å². The van der Waals surface area contributed by atoms with E-state index in [4.69, 9.17) is 4.74 Å². The molecule has 0 aromatic heterocycles. The fourth-order valence-electron chi connectivity index (χ4n) is 2.02. The summed E-state index contributed by atoms with van der Waals surface area (Å²) in [5, 5.41) is 3.48. The van der Waals surface area contributed by atoms with Gasteiger partial charge in [-0.05, 0) is 36.8 Å². The predicted molar refractivity (Wildman–Crippen MR) is 81.7 cm³/mol. The smallest absolute Gasteiger partial charge is 0.0587 e. The molecule has 0 aliphatic rings. The molecular formula is C15H25NOS. The largest absolute Gasteiger partial charge is 0.383 e. The highest BCUT2D eigenvalue weighted by atomic mass is 32.2. The zero-order valence-electron chi connectivity index (χ0n) is 11.7. The molecule has 0 bridgehead atoms. The van der Waals surface area contributed by atoms with Crippen molar-refractivity contribution in [3.63, 3.8) is 0 Å². The summed E-state index contributed by atoms with van der Waals surface area (Å²) in [4.78, 5) is 0. The molecule has 0 amide bonds. The molecule has 0 radical (unpaired) electrons. The van der Waals surface area contributed by atoms with Crippen LogP contribution in [-0.4, -0.2) is 38.8 Å². The van der Waals surface area contributed by atoms with E-state index in [-0.39, 0.29) is 0 Å². The minimum Gasteiger partial charge on any atom is -0.383 e. The maximum Gasteiger partial charge on any atom is 0.0587 e. The van der Waals surface area contributed by atoms with Gasteiger partial charge >= 0.3 is 0 Å². The Balaban J connectivity index is 2.54. The van der Waals surface area contributed by atoms with Crippen LogP contribution < -0.4 is 5.32 Å². The molecule has 1 aromatic rings. The van der Waals surface area contributed by atoms with Crippen LogP contribution in [0.25, 0.3) is 0 Å². The van der Waals surface area contributed by atoms with E-state index in [0.717, 1.165) is 19.7 Å². The van der Waals surface area contributed by atoms with Crippen LogP contribution in [0.2, 0.25) is 0 Å². The summed E-state index contributed by atoms with van der Waals surface area (Å²) in [6.07, 6.45) is 3.40. The summed E-state index contributed by atoms with van der Waals surface area (Å²) in [5.74, 6) is 1.82. The predicted octanol–water partition coefficient (Wildman–Crippen LogP) is 3.07. The molecule has 0 saturated heterocycles. The second-order valence-electron chi connectivity index (χ2n) is 4.59. The zero-order valence-corrected chi connectivity index (χ0v) is 12.6. The molecular weight excluding hydrogens is 242 g/mol. The molecule has 1 N–H and O–H groups in total. The lowest BCUT2D eigenvalue weighted by molar-refractivity contribution is 0.199. The molecule has 1 rings (SSSR count). The Morgan fingerprint density at radius 1 is 1.39 bits per heavy atom. The molecule has 3 heteroatoms. The van der Waals surface area contributed by atoms with Crippen LogP contribution in [0.5, 0.6) is 0 Å². The molecule has 102 valence electrons. The van der Waals surface area contributed by atoms with E-state index in [2.05, 4.69) is 42.8 Å². The Morgan fingerprint density at radius 3 is 2.89 bits per heavy atom. The number of methoxy groups -OCH3 is 1. The van der Waals surface area contributed by atoms with Gasteiger partial charge in [0.2, 0.25) is 0 Å². The monoisotopic (exact) mass is 267 g/mol. The van der Waals surface area contributed by atoms with Crippen LogP contribution in [0.1, 0.15) is 23.5 Å². The number of rotatable bonds is 9. The van der Waals surface area contributed by atoms with E-state index in [0.29, 0.717) is 5.92 Å². The summed E-state index contributed by atoms with van der Waals surface area (Å²) in [6, 6.07) is 8.87. The first-order chi connectivity index (χ1) is 8.77. The van der Waals surface area contributed by atoms with Crippen molar-refractivity contribution in [2.75, 3.05) is 38.8 Å². The second-order valence-corrected chi connectivity index (χ2v) is 5.58. The van der Waals surface area contributed by atoms with Gasteiger partial charge in [0, 0.05) is 20.2 Å². The lowest BCUT2D eigenvalue weighted by Gasteiger charge is -2.18. The van der Waals surface area contributed by atoms with Crippen LogP contribution in [-0.2, 0) is 4.74 Å². The van der Waals surface area contributed by atoms with E-state index < -0.39 is 0 Å². The summed E-state index contributed by atoms with van der Waals surface area (Å²) in [6.45, 7) is 4.90. The number of aryl methyl sites for hydroxylation is 1. The van der Waals surface area contributed by atoms with Crippen LogP contribution in [0, 0.1) is 6.92 Å². The van der Waals surface area contributed by atoms with Crippen LogP contribution >= 0.6 is 11.8 Å². The topological polar surface area (TPSA) is 21.3 Å². The number of benzene rings is 1. The van der Waals surface area contributed by atoms with Gasteiger partial charge < -0.3 is 10.1 Å². The first-order valence-electron chi connectivity index (χ1n) is 6.53. The number of ether oxygens (including phenoxy) is 1. The number of nitrogens with one attached hydrogen (secondary N) is 1. The van der Waals surface area contributed by atoms with Crippen molar-refractivity contribution in [2.45, 2.75) is 19.3 Å². The fraction of sp³-hybridized carbons (Fsp3) is 0.600. The molecule has 0 heterocycles. The van der Waals surface area contributed by atoms with Gasteiger partial charge in [0.15, 0.2) is 0 Å². The Morgan fingerprint density at radius 2 is 2.22 bits per heavy atom. The summed E-state index contributed by atoms with van der Waals surface area (Å²) in [5.41, 5.74) is 2.80.